The van der Waals surface area contributed by atoms with Crippen LogP contribution in [0.15, 0.2) is 53.0 Å². The van der Waals surface area contributed by atoms with E-state index in [0.717, 1.165) is 44.5 Å². The van der Waals surface area contributed by atoms with E-state index in [1.807, 2.05) is 12.3 Å². The number of benzene rings is 1. The molecule has 4 heteroatoms. The van der Waals surface area contributed by atoms with Crippen LogP contribution < -0.4 is 0 Å². The molecular weight excluding hydrogens is 345 g/mol. The first-order chi connectivity index (χ1) is 12.7. The van der Waals surface area contributed by atoms with Crippen molar-refractivity contribution < 1.29 is 9.18 Å². The molecule has 0 bridgehead atoms. The summed E-state index contributed by atoms with van der Waals surface area (Å²) in [4.78, 5) is 14.8. The van der Waals surface area contributed by atoms with Crippen LogP contribution in [0.3, 0.4) is 0 Å². The molecule has 0 saturated heterocycles. The minimum Gasteiger partial charge on any atom is -0.299 e. The van der Waals surface area contributed by atoms with Crippen molar-refractivity contribution in [3.8, 4) is 12.8 Å². The van der Waals surface area contributed by atoms with Crippen molar-refractivity contribution in [2.45, 2.75) is 32.2 Å². The van der Waals surface area contributed by atoms with Crippen molar-refractivity contribution in [1.82, 2.24) is 4.90 Å². The highest BCUT2D eigenvalue weighted by Crippen LogP contribution is 2.19. The molecule has 0 aliphatic carbocycles. The minimum absolute atomic E-state index is 0.0875. The summed E-state index contributed by atoms with van der Waals surface area (Å²) in [6.07, 6.45) is 14.8. The Balaban J connectivity index is 0.00000163. The number of terminal acetylenes is 1. The number of hydrogen-bond donors (Lipinski definition) is 0. The SMILES string of the molecule is C#C.CS/C=C(\CF)CC(=O)/C1=C/CCN(Cc2ccccc2)CCC1. The van der Waals surface area contributed by atoms with Crippen LogP contribution in [0, 0.1) is 12.8 Å². The number of allylic oxidation sites excluding steroid dienone is 2. The van der Waals surface area contributed by atoms with Crippen molar-refractivity contribution in [2.75, 3.05) is 26.0 Å². The van der Waals surface area contributed by atoms with Gasteiger partial charge in [-0.05, 0) is 54.2 Å². The Morgan fingerprint density at radius 3 is 2.65 bits per heavy atom. The molecule has 140 valence electrons. The fraction of sp³-hybridized carbons (Fsp3) is 0.409. The zero-order valence-electron chi connectivity index (χ0n) is 15.5. The van der Waals surface area contributed by atoms with Crippen LogP contribution in [0.5, 0.6) is 0 Å². The lowest BCUT2D eigenvalue weighted by Gasteiger charge is -2.24. The van der Waals surface area contributed by atoms with Gasteiger partial charge >= 0.3 is 0 Å². The molecular formula is C22H28FNOS. The van der Waals surface area contributed by atoms with Gasteiger partial charge in [-0.25, -0.2) is 4.39 Å². The molecule has 2 rings (SSSR count). The largest absolute Gasteiger partial charge is 0.299 e. The molecule has 1 aromatic rings. The number of alkyl halides is 1. The average molecular weight is 374 g/mol. The van der Waals surface area contributed by atoms with Crippen LogP contribution >= 0.6 is 11.8 Å². The summed E-state index contributed by atoms with van der Waals surface area (Å²) in [5.41, 5.74) is 2.80. The standard InChI is InChI=1S/C20H26FNOS.C2H2/c1-24-16-18(14-21)13-20(23)19-9-5-11-22(12-6-10-19)15-17-7-3-2-4-8-17;1-2/h2-4,7-9,16H,5-6,10-15H2,1H3;1-2H/b18-16-,19-9+;. The highest BCUT2D eigenvalue weighted by atomic mass is 32.2. The van der Waals surface area contributed by atoms with Crippen molar-refractivity contribution in [1.29, 1.82) is 0 Å². The molecule has 2 nitrogen and oxygen atoms in total. The van der Waals surface area contributed by atoms with E-state index in [2.05, 4.69) is 48.1 Å². The summed E-state index contributed by atoms with van der Waals surface area (Å²) in [6.45, 7) is 2.38. The van der Waals surface area contributed by atoms with Crippen molar-refractivity contribution in [3.63, 3.8) is 0 Å². The lowest BCUT2D eigenvalue weighted by molar-refractivity contribution is -0.115. The number of thioether (sulfide) groups is 1. The van der Waals surface area contributed by atoms with Crippen LogP contribution in [0.1, 0.15) is 31.2 Å². The number of carbonyl (C=O) groups excluding carboxylic acids is 1. The summed E-state index contributed by atoms with van der Waals surface area (Å²) < 4.78 is 12.9. The monoisotopic (exact) mass is 373 g/mol. The van der Waals surface area contributed by atoms with Crippen molar-refractivity contribution in [2.24, 2.45) is 0 Å². The zero-order chi connectivity index (χ0) is 19.2. The van der Waals surface area contributed by atoms with E-state index in [-0.39, 0.29) is 12.2 Å². The molecule has 1 aliphatic rings. The van der Waals surface area contributed by atoms with E-state index in [0.29, 0.717) is 5.57 Å². The fourth-order valence-electron chi connectivity index (χ4n) is 2.99. The van der Waals surface area contributed by atoms with Crippen LogP contribution in [0.25, 0.3) is 0 Å². The quantitative estimate of drug-likeness (QED) is 0.626. The van der Waals surface area contributed by atoms with Gasteiger partial charge in [-0.3, -0.25) is 9.69 Å². The highest BCUT2D eigenvalue weighted by Gasteiger charge is 2.15. The zero-order valence-corrected chi connectivity index (χ0v) is 16.3. The van der Waals surface area contributed by atoms with Gasteiger partial charge in [0.2, 0.25) is 0 Å². The van der Waals surface area contributed by atoms with Gasteiger partial charge in [0.25, 0.3) is 0 Å². The minimum atomic E-state index is -0.537. The van der Waals surface area contributed by atoms with Crippen LogP contribution in [0.2, 0.25) is 0 Å². The Morgan fingerprint density at radius 1 is 1.27 bits per heavy atom. The van der Waals surface area contributed by atoms with Gasteiger partial charge in [-0.2, -0.15) is 0 Å². The van der Waals surface area contributed by atoms with E-state index < -0.39 is 6.67 Å². The lowest BCUT2D eigenvalue weighted by Crippen LogP contribution is -2.27. The highest BCUT2D eigenvalue weighted by molar-refractivity contribution is 8.01. The molecule has 1 heterocycles. The molecule has 1 aliphatic heterocycles. The van der Waals surface area contributed by atoms with E-state index in [1.165, 1.54) is 17.3 Å². The number of halogens is 1. The maximum absolute atomic E-state index is 12.9. The second kappa shape index (κ2) is 13.4. The Morgan fingerprint density at radius 2 is 2.00 bits per heavy atom. The third-order valence-electron chi connectivity index (χ3n) is 4.21. The molecule has 0 radical (unpaired) electrons. The van der Waals surface area contributed by atoms with E-state index in [4.69, 9.17) is 0 Å². The number of hydrogen-bond acceptors (Lipinski definition) is 3. The summed E-state index contributed by atoms with van der Waals surface area (Å²) in [7, 11) is 0. The molecule has 0 unspecified atom stereocenters. The fourth-order valence-corrected chi connectivity index (χ4v) is 3.47. The molecule has 1 aromatic carbocycles. The molecule has 0 fully saturated rings. The normalized spacial score (nSPS) is 17.8. The Hall–Kier alpha value is -1.83. The van der Waals surface area contributed by atoms with Gasteiger partial charge in [0.15, 0.2) is 5.78 Å². The molecule has 0 N–H and O–H groups in total. The summed E-state index contributed by atoms with van der Waals surface area (Å²) >= 11 is 1.45. The molecule has 0 atom stereocenters. The summed E-state index contributed by atoms with van der Waals surface area (Å²) in [5, 5.41) is 1.75. The van der Waals surface area contributed by atoms with Gasteiger partial charge in [-0.1, -0.05) is 36.4 Å². The van der Waals surface area contributed by atoms with E-state index >= 15 is 0 Å². The van der Waals surface area contributed by atoms with Gasteiger partial charge in [0.1, 0.15) is 6.67 Å². The number of rotatable bonds is 7. The van der Waals surface area contributed by atoms with Gasteiger partial charge in [0.05, 0.1) is 0 Å². The van der Waals surface area contributed by atoms with Crippen LogP contribution in [-0.4, -0.2) is 36.7 Å². The first-order valence-electron chi connectivity index (χ1n) is 8.81. The second-order valence-corrected chi connectivity index (χ2v) is 6.84. The average Bonchev–Trinajstić information content (AvgIpc) is 2.65. The van der Waals surface area contributed by atoms with E-state index in [1.54, 1.807) is 5.41 Å². The summed E-state index contributed by atoms with van der Waals surface area (Å²) in [6, 6.07) is 10.5. The first kappa shape index (κ1) is 22.2. The Bertz CT molecular complexity index is 622. The van der Waals surface area contributed by atoms with Crippen LogP contribution in [0.4, 0.5) is 4.39 Å². The number of nitrogens with zero attached hydrogens (tertiary/aromatic N) is 1. The molecule has 0 spiro atoms. The molecule has 26 heavy (non-hydrogen) atoms. The van der Waals surface area contributed by atoms with E-state index in [9.17, 15) is 9.18 Å². The predicted octanol–water partition coefficient (Wildman–Crippen LogP) is 5.02. The van der Waals surface area contributed by atoms with Crippen molar-refractivity contribution in [3.05, 3.63) is 58.5 Å². The maximum atomic E-state index is 12.9. The number of carbonyl (C=O) groups is 1. The van der Waals surface area contributed by atoms with Gasteiger partial charge in [0, 0.05) is 19.5 Å². The van der Waals surface area contributed by atoms with Crippen LogP contribution in [-0.2, 0) is 11.3 Å². The number of ketones is 1. The first-order valence-corrected chi connectivity index (χ1v) is 10.1. The van der Waals surface area contributed by atoms with Gasteiger partial charge < -0.3 is 0 Å². The Labute approximate surface area is 161 Å². The number of Topliss-reactive ketones (excluding diaryl/α,β-unsaturated/α-hetero) is 1. The predicted molar refractivity (Wildman–Crippen MR) is 111 cm³/mol. The Kier molecular flexibility index (Phi) is 11.4. The third kappa shape index (κ3) is 8.03. The summed E-state index contributed by atoms with van der Waals surface area (Å²) in [5.74, 6) is 0.0875. The molecule has 0 aromatic heterocycles. The lowest BCUT2D eigenvalue weighted by atomic mass is 9.98. The topological polar surface area (TPSA) is 20.3 Å². The third-order valence-corrected chi connectivity index (χ3v) is 4.78. The van der Waals surface area contributed by atoms with Crippen molar-refractivity contribution >= 4 is 17.5 Å². The van der Waals surface area contributed by atoms with Gasteiger partial charge in [-0.15, -0.1) is 24.6 Å². The molecule has 0 saturated carbocycles. The smallest absolute Gasteiger partial charge is 0.162 e. The second-order valence-electron chi connectivity index (χ2n) is 6.13. The maximum Gasteiger partial charge on any atom is 0.162 e. The molecule has 0 amide bonds.